The number of fused-ring (bicyclic) bond motifs is 3. The van der Waals surface area contributed by atoms with Gasteiger partial charge in [-0.2, -0.15) is 0 Å². The summed E-state index contributed by atoms with van der Waals surface area (Å²) in [6.45, 7) is 10.8. The first kappa shape index (κ1) is 22.8. The van der Waals surface area contributed by atoms with E-state index in [1.807, 2.05) is 24.0 Å². The molecule has 0 radical (unpaired) electrons. The highest BCUT2D eigenvalue weighted by Gasteiger charge is 2.51. The number of aliphatic hydroxyl groups is 1. The van der Waals surface area contributed by atoms with Crippen molar-refractivity contribution in [3.63, 3.8) is 0 Å². The number of urea groups is 1. The number of anilines is 1. The Labute approximate surface area is 198 Å². The van der Waals surface area contributed by atoms with E-state index >= 15 is 0 Å². The Hall–Kier alpha value is -1.95. The highest BCUT2D eigenvalue weighted by Crippen LogP contribution is 2.50. The Bertz CT molecular complexity index is 843. The number of rotatable bonds is 5. The van der Waals surface area contributed by atoms with Gasteiger partial charge >= 0.3 is 6.03 Å². The van der Waals surface area contributed by atoms with Crippen molar-refractivity contribution >= 4 is 11.7 Å². The second-order valence-corrected chi connectivity index (χ2v) is 11.5. The van der Waals surface area contributed by atoms with Gasteiger partial charge in [-0.25, -0.2) is 4.79 Å². The summed E-state index contributed by atoms with van der Waals surface area (Å²) in [7, 11) is 0. The van der Waals surface area contributed by atoms with Gasteiger partial charge in [0, 0.05) is 49.2 Å². The monoisotopic (exact) mass is 455 g/mol. The molecule has 2 amide bonds. The van der Waals surface area contributed by atoms with Crippen molar-refractivity contribution in [3.05, 3.63) is 24.3 Å². The van der Waals surface area contributed by atoms with Crippen molar-refractivity contribution < 1.29 is 14.6 Å². The summed E-state index contributed by atoms with van der Waals surface area (Å²) in [6.07, 6.45) is 5.55. The second-order valence-electron chi connectivity index (χ2n) is 11.5. The molecule has 4 unspecified atom stereocenters. The summed E-state index contributed by atoms with van der Waals surface area (Å²) in [6, 6.07) is 8.46. The van der Waals surface area contributed by atoms with E-state index in [1.165, 1.54) is 12.1 Å². The Balaban J connectivity index is 1.18. The standard InChI is InChI=1S/C27H41N3O3/c1-4-26(12-20-10-19(3)11-27(32,13-20)18-26)28-25(31)30-16-21-14-29(15-22(21)17-30)23-6-8-24(9-7-23)33-5-2/h6-9,19-22,32H,4-5,10-18H2,1-3H3,(H,28,31)/t19?,20?,21-,22+,26?,27?. The van der Waals surface area contributed by atoms with Gasteiger partial charge in [0.05, 0.1) is 12.2 Å². The number of nitrogens with zero attached hydrogens (tertiary/aromatic N) is 2. The van der Waals surface area contributed by atoms with Crippen molar-refractivity contribution in [2.45, 2.75) is 70.4 Å². The quantitative estimate of drug-likeness (QED) is 0.696. The lowest BCUT2D eigenvalue weighted by Gasteiger charge is -2.53. The minimum Gasteiger partial charge on any atom is -0.494 e. The van der Waals surface area contributed by atoms with Gasteiger partial charge in [-0.05, 0) is 81.5 Å². The summed E-state index contributed by atoms with van der Waals surface area (Å²) in [5.74, 6) is 3.06. The highest BCUT2D eigenvalue weighted by molar-refractivity contribution is 5.75. The molecule has 1 aromatic carbocycles. The number of carbonyl (C=O) groups excluding carboxylic acids is 1. The lowest BCUT2D eigenvalue weighted by atomic mass is 9.59. The fourth-order valence-electron chi connectivity index (χ4n) is 7.61. The van der Waals surface area contributed by atoms with Gasteiger partial charge in [0.15, 0.2) is 0 Å². The van der Waals surface area contributed by atoms with E-state index < -0.39 is 5.60 Å². The van der Waals surface area contributed by atoms with Crippen LogP contribution in [-0.2, 0) is 0 Å². The zero-order valence-electron chi connectivity index (χ0n) is 20.6. The van der Waals surface area contributed by atoms with Crippen molar-refractivity contribution in [3.8, 4) is 5.75 Å². The maximum absolute atomic E-state index is 13.4. The molecule has 4 fully saturated rings. The molecule has 6 atom stereocenters. The molecule has 6 nitrogen and oxygen atoms in total. The van der Waals surface area contributed by atoms with Crippen molar-refractivity contribution in [1.29, 1.82) is 0 Å². The minimum atomic E-state index is -0.608. The molecule has 2 N–H and O–H groups in total. The lowest BCUT2D eigenvalue weighted by Crippen LogP contribution is -2.61. The summed E-state index contributed by atoms with van der Waals surface area (Å²) in [5.41, 5.74) is 0.370. The van der Waals surface area contributed by atoms with Crippen LogP contribution in [0.25, 0.3) is 0 Å². The fraction of sp³-hybridized carbons (Fsp3) is 0.741. The number of hydrogen-bond acceptors (Lipinski definition) is 4. The average Bonchev–Trinajstić information content (AvgIpc) is 3.32. The van der Waals surface area contributed by atoms with E-state index in [9.17, 15) is 9.90 Å². The van der Waals surface area contributed by atoms with E-state index in [1.54, 1.807) is 0 Å². The topological polar surface area (TPSA) is 65.0 Å². The molecule has 0 aromatic heterocycles. The van der Waals surface area contributed by atoms with E-state index in [0.717, 1.165) is 57.6 Å². The van der Waals surface area contributed by atoms with Gasteiger partial charge in [0.1, 0.15) is 5.75 Å². The Kier molecular flexibility index (Phi) is 6.00. The van der Waals surface area contributed by atoms with Crippen molar-refractivity contribution in [2.75, 3.05) is 37.7 Å². The van der Waals surface area contributed by atoms with Crippen LogP contribution in [-0.4, -0.2) is 60.0 Å². The van der Waals surface area contributed by atoms with Crippen LogP contribution in [0.2, 0.25) is 0 Å². The summed E-state index contributed by atoms with van der Waals surface area (Å²) < 4.78 is 5.57. The third kappa shape index (κ3) is 4.55. The first-order valence-corrected chi connectivity index (χ1v) is 13.1. The number of likely N-dealkylation sites (tertiary alicyclic amines) is 1. The normalized spacial score (nSPS) is 37.7. The molecule has 4 aliphatic rings. The highest BCUT2D eigenvalue weighted by atomic mass is 16.5. The van der Waals surface area contributed by atoms with Gasteiger partial charge < -0.3 is 25.0 Å². The Morgan fingerprint density at radius 3 is 2.39 bits per heavy atom. The van der Waals surface area contributed by atoms with Crippen LogP contribution in [0.3, 0.4) is 0 Å². The number of hydrogen-bond donors (Lipinski definition) is 2. The Morgan fingerprint density at radius 1 is 1.09 bits per heavy atom. The zero-order chi connectivity index (χ0) is 23.2. The SMILES string of the molecule is CCOc1ccc(N2C[C@H]3CN(C(=O)NC4(CC)CC5CC(C)CC(O)(C5)C4)C[C@H]3C2)cc1. The molecule has 0 spiro atoms. The number of ether oxygens (including phenoxy) is 1. The predicted molar refractivity (Wildman–Crippen MR) is 131 cm³/mol. The summed E-state index contributed by atoms with van der Waals surface area (Å²) in [5, 5.41) is 14.7. The fourth-order valence-corrected chi connectivity index (χ4v) is 7.61. The molecule has 2 aliphatic heterocycles. The van der Waals surface area contributed by atoms with Crippen LogP contribution in [0.15, 0.2) is 24.3 Å². The van der Waals surface area contributed by atoms with Crippen LogP contribution in [0.1, 0.15) is 59.3 Å². The van der Waals surface area contributed by atoms with Crippen LogP contribution in [0.4, 0.5) is 10.5 Å². The van der Waals surface area contributed by atoms with E-state index in [4.69, 9.17) is 4.74 Å². The number of benzene rings is 1. The largest absolute Gasteiger partial charge is 0.494 e. The third-order valence-electron chi connectivity index (χ3n) is 8.81. The summed E-state index contributed by atoms with van der Waals surface area (Å²) in [4.78, 5) is 17.8. The van der Waals surface area contributed by atoms with Gasteiger partial charge in [-0.1, -0.05) is 13.8 Å². The second kappa shape index (κ2) is 8.68. The lowest BCUT2D eigenvalue weighted by molar-refractivity contribution is -0.0953. The molecule has 2 saturated heterocycles. The summed E-state index contributed by atoms with van der Waals surface area (Å²) >= 11 is 0. The van der Waals surface area contributed by atoms with Crippen LogP contribution in [0, 0.1) is 23.7 Å². The number of carbonyl (C=O) groups is 1. The minimum absolute atomic E-state index is 0.0792. The van der Waals surface area contributed by atoms with Gasteiger partial charge in [0.2, 0.25) is 0 Å². The third-order valence-corrected chi connectivity index (χ3v) is 8.81. The first-order chi connectivity index (χ1) is 15.8. The molecule has 2 bridgehead atoms. The van der Waals surface area contributed by atoms with Crippen LogP contribution < -0.4 is 15.0 Å². The van der Waals surface area contributed by atoms with Crippen molar-refractivity contribution in [2.24, 2.45) is 23.7 Å². The predicted octanol–water partition coefficient (Wildman–Crippen LogP) is 4.27. The first-order valence-electron chi connectivity index (χ1n) is 13.1. The molecule has 1 aromatic rings. The van der Waals surface area contributed by atoms with Crippen molar-refractivity contribution in [1.82, 2.24) is 10.2 Å². The van der Waals surface area contributed by atoms with Crippen LogP contribution >= 0.6 is 0 Å². The molecule has 2 aliphatic carbocycles. The zero-order valence-corrected chi connectivity index (χ0v) is 20.6. The van der Waals surface area contributed by atoms with E-state index in [2.05, 4.69) is 36.2 Å². The molecule has 6 heteroatoms. The number of amides is 2. The molecule has 33 heavy (non-hydrogen) atoms. The number of nitrogens with one attached hydrogen (secondary N) is 1. The van der Waals surface area contributed by atoms with E-state index in [-0.39, 0.29) is 11.6 Å². The molecule has 2 saturated carbocycles. The molecule has 182 valence electrons. The maximum atomic E-state index is 13.4. The molecule has 5 rings (SSSR count). The molecular formula is C27H41N3O3. The van der Waals surface area contributed by atoms with Gasteiger partial charge in [-0.15, -0.1) is 0 Å². The Morgan fingerprint density at radius 2 is 1.79 bits per heavy atom. The van der Waals surface area contributed by atoms with Gasteiger partial charge in [0.25, 0.3) is 0 Å². The van der Waals surface area contributed by atoms with Gasteiger partial charge in [-0.3, -0.25) is 0 Å². The van der Waals surface area contributed by atoms with E-state index in [0.29, 0.717) is 36.7 Å². The maximum Gasteiger partial charge on any atom is 0.317 e. The molecular weight excluding hydrogens is 414 g/mol. The molecule has 2 heterocycles. The smallest absolute Gasteiger partial charge is 0.317 e. The average molecular weight is 456 g/mol. The van der Waals surface area contributed by atoms with Crippen LogP contribution in [0.5, 0.6) is 5.75 Å².